The van der Waals surface area contributed by atoms with Gasteiger partial charge in [0.2, 0.25) is 0 Å². The molecule has 2 rings (SSSR count). The minimum atomic E-state index is -0.638. The second-order valence-corrected chi connectivity index (χ2v) is 5.94. The molecule has 0 aliphatic carbocycles. The average Bonchev–Trinajstić information content (AvgIpc) is 2.55. The zero-order valence-corrected chi connectivity index (χ0v) is 14.5. The van der Waals surface area contributed by atoms with Crippen molar-refractivity contribution in [1.82, 2.24) is 0 Å². The number of hydrogen-bond donors (Lipinski definition) is 0. The Hall–Kier alpha value is -1.42. The van der Waals surface area contributed by atoms with Gasteiger partial charge in [0.25, 0.3) is 5.69 Å². The first-order valence-electron chi connectivity index (χ1n) is 5.65. The van der Waals surface area contributed by atoms with E-state index in [2.05, 4.69) is 0 Å². The number of nitro benzene ring substituents is 1. The molecule has 0 radical (unpaired) electrons. The van der Waals surface area contributed by atoms with Crippen LogP contribution in [-0.4, -0.2) is 4.92 Å². The fourth-order valence-corrected chi connectivity index (χ4v) is 2.79. The third-order valence-electron chi connectivity index (χ3n) is 2.68. The molecular formula is C13H3Cl5N2O3. The summed E-state index contributed by atoms with van der Waals surface area (Å²) in [6.45, 7) is 0. The van der Waals surface area contributed by atoms with Crippen LogP contribution >= 0.6 is 58.0 Å². The van der Waals surface area contributed by atoms with Crippen molar-refractivity contribution in [2.45, 2.75) is 0 Å². The molecule has 0 saturated heterocycles. The fraction of sp³-hybridized carbons (Fsp3) is 0. The van der Waals surface area contributed by atoms with Gasteiger partial charge in [-0.05, 0) is 6.07 Å². The number of hydrogen-bond acceptors (Lipinski definition) is 4. The lowest BCUT2D eigenvalue weighted by molar-refractivity contribution is -0.384. The van der Waals surface area contributed by atoms with Crippen LogP contribution in [0.4, 0.5) is 5.69 Å². The van der Waals surface area contributed by atoms with E-state index in [4.69, 9.17) is 68.0 Å². The molecule has 0 spiro atoms. The maximum absolute atomic E-state index is 10.7. The van der Waals surface area contributed by atoms with Crippen molar-refractivity contribution in [1.29, 1.82) is 5.26 Å². The van der Waals surface area contributed by atoms with Gasteiger partial charge in [-0.1, -0.05) is 58.0 Å². The van der Waals surface area contributed by atoms with Gasteiger partial charge in [-0.2, -0.15) is 5.26 Å². The lowest BCUT2D eigenvalue weighted by atomic mass is 10.2. The van der Waals surface area contributed by atoms with Crippen LogP contribution in [0.15, 0.2) is 18.2 Å². The molecule has 0 aliphatic heterocycles. The Labute approximate surface area is 155 Å². The molecule has 0 unspecified atom stereocenters. The topological polar surface area (TPSA) is 76.2 Å². The number of ether oxygens (including phenoxy) is 1. The molecule has 0 saturated carbocycles. The third-order valence-corrected chi connectivity index (χ3v) is 4.92. The van der Waals surface area contributed by atoms with E-state index in [1.54, 1.807) is 6.07 Å². The molecule has 5 nitrogen and oxygen atoms in total. The first kappa shape index (κ1) is 17.9. The van der Waals surface area contributed by atoms with E-state index in [9.17, 15) is 10.1 Å². The van der Waals surface area contributed by atoms with E-state index < -0.39 is 4.92 Å². The lowest BCUT2D eigenvalue weighted by Crippen LogP contribution is -1.94. The Bertz CT molecular complexity index is 835. The smallest absolute Gasteiger partial charge is 0.271 e. The van der Waals surface area contributed by atoms with E-state index >= 15 is 0 Å². The highest BCUT2D eigenvalue weighted by atomic mass is 35.5. The molecule has 2 aromatic rings. The van der Waals surface area contributed by atoms with Gasteiger partial charge in [-0.3, -0.25) is 10.1 Å². The number of nitro groups is 1. The number of halogens is 5. The molecule has 0 aliphatic rings. The zero-order chi connectivity index (χ0) is 17.3. The number of non-ortho nitro benzene ring substituents is 1. The van der Waals surface area contributed by atoms with E-state index in [-0.39, 0.29) is 47.9 Å². The second-order valence-electron chi connectivity index (χ2n) is 4.05. The van der Waals surface area contributed by atoms with Crippen LogP contribution in [0.2, 0.25) is 25.1 Å². The van der Waals surface area contributed by atoms with Crippen molar-refractivity contribution in [3.63, 3.8) is 0 Å². The molecule has 2 aromatic carbocycles. The van der Waals surface area contributed by atoms with Crippen LogP contribution in [0.3, 0.4) is 0 Å². The first-order chi connectivity index (χ1) is 10.8. The summed E-state index contributed by atoms with van der Waals surface area (Å²) in [5.74, 6) is -0.116. The van der Waals surface area contributed by atoms with Gasteiger partial charge in [-0.25, -0.2) is 0 Å². The van der Waals surface area contributed by atoms with Gasteiger partial charge in [0.15, 0.2) is 5.75 Å². The van der Waals surface area contributed by atoms with Gasteiger partial charge in [0.05, 0.1) is 20.0 Å². The van der Waals surface area contributed by atoms with Crippen molar-refractivity contribution in [3.05, 3.63) is 59.0 Å². The van der Waals surface area contributed by atoms with Gasteiger partial charge in [0.1, 0.15) is 27.4 Å². The van der Waals surface area contributed by atoms with Gasteiger partial charge in [-0.15, -0.1) is 0 Å². The summed E-state index contributed by atoms with van der Waals surface area (Å²) >= 11 is 29.8. The maximum Gasteiger partial charge on any atom is 0.271 e. The average molecular weight is 412 g/mol. The number of nitrogens with zero attached hydrogens (tertiary/aromatic N) is 2. The van der Waals surface area contributed by atoms with Gasteiger partial charge < -0.3 is 4.74 Å². The molecule has 0 fully saturated rings. The van der Waals surface area contributed by atoms with Crippen molar-refractivity contribution in [2.24, 2.45) is 0 Å². The van der Waals surface area contributed by atoms with E-state index in [1.807, 2.05) is 0 Å². The predicted octanol–water partition coefficient (Wildman–Crippen LogP) is 6.53. The minimum absolute atomic E-state index is 0.00337. The highest BCUT2D eigenvalue weighted by molar-refractivity contribution is 6.55. The number of nitriles is 1. The van der Waals surface area contributed by atoms with Crippen LogP contribution in [0, 0.1) is 21.4 Å². The molecule has 0 N–H and O–H groups in total. The molecule has 0 atom stereocenters. The summed E-state index contributed by atoms with van der Waals surface area (Å²) in [6.07, 6.45) is 0. The molecule has 0 bridgehead atoms. The van der Waals surface area contributed by atoms with Crippen LogP contribution < -0.4 is 4.74 Å². The largest absolute Gasteiger partial charge is 0.453 e. The fourth-order valence-electron chi connectivity index (χ4n) is 1.59. The van der Waals surface area contributed by atoms with E-state index in [0.29, 0.717) is 0 Å². The highest BCUT2D eigenvalue weighted by Crippen LogP contribution is 2.49. The first-order valence-corrected chi connectivity index (χ1v) is 7.54. The number of rotatable bonds is 3. The molecule has 23 heavy (non-hydrogen) atoms. The number of benzene rings is 2. The van der Waals surface area contributed by atoms with Crippen molar-refractivity contribution < 1.29 is 9.66 Å². The van der Waals surface area contributed by atoms with E-state index in [1.165, 1.54) is 6.07 Å². The Morgan fingerprint density at radius 2 is 1.52 bits per heavy atom. The molecule has 0 amide bonds. The third kappa shape index (κ3) is 3.42. The van der Waals surface area contributed by atoms with E-state index in [0.717, 1.165) is 12.1 Å². The summed E-state index contributed by atoms with van der Waals surface area (Å²) in [4.78, 5) is 10.1. The maximum atomic E-state index is 10.7. The summed E-state index contributed by atoms with van der Waals surface area (Å²) in [5, 5.41) is 19.4. The molecule has 0 aromatic heterocycles. The van der Waals surface area contributed by atoms with Crippen LogP contribution in [0.25, 0.3) is 0 Å². The van der Waals surface area contributed by atoms with Gasteiger partial charge >= 0.3 is 0 Å². The second kappa shape index (κ2) is 7.00. The molecule has 118 valence electrons. The summed E-state index contributed by atoms with van der Waals surface area (Å²) in [7, 11) is 0. The Kier molecular flexibility index (Phi) is 5.45. The Morgan fingerprint density at radius 1 is 1.00 bits per heavy atom. The van der Waals surface area contributed by atoms with Crippen molar-refractivity contribution in [3.8, 4) is 17.6 Å². The van der Waals surface area contributed by atoms with Crippen molar-refractivity contribution in [2.75, 3.05) is 0 Å². The highest BCUT2D eigenvalue weighted by Gasteiger charge is 2.22. The predicted molar refractivity (Wildman–Crippen MR) is 89.4 cm³/mol. The van der Waals surface area contributed by atoms with Crippen LogP contribution in [0.5, 0.6) is 11.5 Å². The quantitative estimate of drug-likeness (QED) is 0.249. The minimum Gasteiger partial charge on any atom is -0.453 e. The molecule has 10 heteroatoms. The zero-order valence-electron chi connectivity index (χ0n) is 10.7. The van der Waals surface area contributed by atoms with Crippen LogP contribution in [0.1, 0.15) is 5.56 Å². The summed E-state index contributed by atoms with van der Waals surface area (Å²) in [5.41, 5.74) is -0.355. The summed E-state index contributed by atoms with van der Waals surface area (Å²) in [6, 6.07) is 5.23. The Morgan fingerprint density at radius 3 is 2.00 bits per heavy atom. The Balaban J connectivity index is 2.57. The molecular weight excluding hydrogens is 409 g/mol. The summed E-state index contributed by atoms with van der Waals surface area (Å²) < 4.78 is 5.48. The SMILES string of the molecule is N#Cc1cc([N+](=O)[O-])ccc1Oc1c(Cl)c(Cl)c(Cl)c(Cl)c1Cl. The van der Waals surface area contributed by atoms with Crippen molar-refractivity contribution >= 4 is 63.7 Å². The molecule has 0 heterocycles. The standard InChI is InChI=1S/C13H3Cl5N2O3/c14-8-9(15)11(17)13(12(18)10(8)16)23-7-2-1-6(20(21)22)3-5(7)4-19/h1-3H. The van der Waals surface area contributed by atoms with Crippen LogP contribution in [-0.2, 0) is 0 Å². The normalized spacial score (nSPS) is 10.3. The lowest BCUT2D eigenvalue weighted by Gasteiger charge is -2.14. The van der Waals surface area contributed by atoms with Gasteiger partial charge in [0, 0.05) is 12.1 Å². The monoisotopic (exact) mass is 410 g/mol.